The number of nitrogens with one attached hydrogen (secondary N) is 2. The fraction of sp³-hybridized carbons (Fsp3) is 0.286. The summed E-state index contributed by atoms with van der Waals surface area (Å²) in [5.41, 5.74) is 1.86. The normalized spacial score (nSPS) is 12.6. The Balaban J connectivity index is 1.73. The van der Waals surface area contributed by atoms with Crippen molar-refractivity contribution in [1.82, 2.24) is 5.32 Å². The van der Waals surface area contributed by atoms with Crippen LogP contribution in [0.3, 0.4) is 0 Å². The summed E-state index contributed by atoms with van der Waals surface area (Å²) < 4.78 is 0. The van der Waals surface area contributed by atoms with E-state index >= 15 is 0 Å². The predicted octanol–water partition coefficient (Wildman–Crippen LogP) is 5.50. The molecule has 0 saturated heterocycles. The van der Waals surface area contributed by atoms with Crippen LogP contribution in [0.15, 0.2) is 89.8 Å². The van der Waals surface area contributed by atoms with Crippen molar-refractivity contribution in [3.8, 4) is 0 Å². The van der Waals surface area contributed by atoms with Gasteiger partial charge in [0.05, 0.1) is 11.6 Å². The molecule has 0 aliphatic carbocycles. The zero-order chi connectivity index (χ0) is 25.9. The second kappa shape index (κ2) is 13.7. The van der Waals surface area contributed by atoms with Crippen molar-refractivity contribution >= 4 is 35.0 Å². The maximum Gasteiger partial charge on any atom is 0.246 e. The zero-order valence-corrected chi connectivity index (χ0v) is 21.3. The Bertz CT molecular complexity index is 1090. The molecular formula is C28H32N3O4S-. The first kappa shape index (κ1) is 27.3. The van der Waals surface area contributed by atoms with Gasteiger partial charge in [-0.3, -0.25) is 14.8 Å². The van der Waals surface area contributed by atoms with E-state index in [0.717, 1.165) is 10.5 Å². The largest absolute Gasteiger partial charge is 0.733 e. The Labute approximate surface area is 216 Å². The standard InChI is InChI=1S/C28H32N3O4S/c1-20(2)17-26(28(33)29-23-11-7-4-8-12-23)30-27(32)22(18-21-9-5-3-6-10-21)19-36-25-15-13-24(14-16-25)31(34)35/h3-16,20,22,26,34H,17-19H2,1-2H3,(H,29,33)(H,30,32)/q-1. The van der Waals surface area contributed by atoms with Crippen LogP contribution in [0, 0.1) is 17.0 Å². The maximum absolute atomic E-state index is 13.5. The van der Waals surface area contributed by atoms with Gasteiger partial charge in [-0.2, -0.15) is 0 Å². The highest BCUT2D eigenvalue weighted by atomic mass is 32.2. The third kappa shape index (κ3) is 8.71. The van der Waals surface area contributed by atoms with Gasteiger partial charge >= 0.3 is 0 Å². The van der Waals surface area contributed by atoms with Crippen molar-refractivity contribution in [2.45, 2.75) is 37.6 Å². The summed E-state index contributed by atoms with van der Waals surface area (Å²) in [6.45, 7) is 4.04. The topological polar surface area (TPSA) is 105 Å². The van der Waals surface area contributed by atoms with Crippen LogP contribution in [0.25, 0.3) is 0 Å². The van der Waals surface area contributed by atoms with Crippen molar-refractivity contribution in [3.05, 3.63) is 95.7 Å². The van der Waals surface area contributed by atoms with Crippen molar-refractivity contribution < 1.29 is 14.8 Å². The number of nitrogens with zero attached hydrogens (tertiary/aromatic N) is 1. The van der Waals surface area contributed by atoms with E-state index in [1.54, 1.807) is 12.1 Å². The van der Waals surface area contributed by atoms with Gasteiger partial charge in [-0.05, 0) is 60.7 Å². The second-order valence-electron chi connectivity index (χ2n) is 9.01. The molecule has 3 N–H and O–H groups in total. The van der Waals surface area contributed by atoms with Crippen LogP contribution in [-0.2, 0) is 16.0 Å². The Kier molecular flexibility index (Phi) is 10.4. The Morgan fingerprint density at radius 3 is 2.11 bits per heavy atom. The fourth-order valence-electron chi connectivity index (χ4n) is 3.74. The van der Waals surface area contributed by atoms with Crippen LogP contribution < -0.4 is 15.9 Å². The van der Waals surface area contributed by atoms with E-state index in [2.05, 4.69) is 10.6 Å². The van der Waals surface area contributed by atoms with Gasteiger partial charge in [0.2, 0.25) is 11.8 Å². The van der Waals surface area contributed by atoms with Gasteiger partial charge in [0, 0.05) is 16.3 Å². The lowest BCUT2D eigenvalue weighted by molar-refractivity contribution is -0.129. The van der Waals surface area contributed by atoms with Gasteiger partial charge in [-0.1, -0.05) is 62.4 Å². The number of hydrogen-bond donors (Lipinski definition) is 3. The minimum Gasteiger partial charge on any atom is -0.733 e. The Hall–Kier alpha value is -3.33. The number of carbonyl (C=O) groups excluding carboxylic acids is 2. The van der Waals surface area contributed by atoms with Crippen LogP contribution in [0.4, 0.5) is 11.4 Å². The molecule has 190 valence electrons. The van der Waals surface area contributed by atoms with Gasteiger partial charge in [0.1, 0.15) is 6.04 Å². The number of thioether (sulfide) groups is 1. The van der Waals surface area contributed by atoms with Crippen LogP contribution in [-0.4, -0.2) is 28.8 Å². The number of para-hydroxylation sites is 1. The molecule has 0 fully saturated rings. The van der Waals surface area contributed by atoms with Crippen molar-refractivity contribution in [2.75, 3.05) is 16.3 Å². The molecule has 2 amide bonds. The minimum atomic E-state index is -0.659. The number of rotatable bonds is 12. The zero-order valence-electron chi connectivity index (χ0n) is 20.5. The number of anilines is 2. The second-order valence-corrected chi connectivity index (χ2v) is 10.1. The van der Waals surface area contributed by atoms with Crippen LogP contribution >= 0.6 is 11.8 Å². The first-order chi connectivity index (χ1) is 17.3. The summed E-state index contributed by atoms with van der Waals surface area (Å²) in [7, 11) is 0. The van der Waals surface area contributed by atoms with Crippen LogP contribution in [0.1, 0.15) is 25.8 Å². The molecule has 0 aromatic heterocycles. The van der Waals surface area contributed by atoms with E-state index in [1.807, 2.05) is 74.5 Å². The average Bonchev–Trinajstić information content (AvgIpc) is 2.87. The summed E-state index contributed by atoms with van der Waals surface area (Å²) in [6, 6.07) is 24.8. The summed E-state index contributed by atoms with van der Waals surface area (Å²) in [5, 5.41) is 25.8. The summed E-state index contributed by atoms with van der Waals surface area (Å²) in [5.74, 6) is -0.113. The molecule has 3 aromatic carbocycles. The van der Waals surface area contributed by atoms with E-state index < -0.39 is 6.04 Å². The molecule has 0 aliphatic rings. The minimum absolute atomic E-state index is 0.138. The van der Waals surface area contributed by atoms with E-state index in [9.17, 15) is 14.8 Å². The number of hydrogen-bond acceptors (Lipinski definition) is 6. The van der Waals surface area contributed by atoms with Crippen molar-refractivity contribution in [1.29, 1.82) is 0 Å². The SMILES string of the molecule is CC(C)CC(NC(=O)C(CSc1ccc(N([O-])O)cc1)Cc1ccccc1)C(=O)Nc1ccccc1. The highest BCUT2D eigenvalue weighted by Gasteiger charge is 2.27. The van der Waals surface area contributed by atoms with Crippen LogP contribution in [0.5, 0.6) is 0 Å². The highest BCUT2D eigenvalue weighted by molar-refractivity contribution is 7.99. The summed E-state index contributed by atoms with van der Waals surface area (Å²) in [4.78, 5) is 27.4. The molecule has 0 bridgehead atoms. The fourth-order valence-corrected chi connectivity index (χ4v) is 4.73. The molecule has 36 heavy (non-hydrogen) atoms. The van der Waals surface area contributed by atoms with Crippen LogP contribution in [0.2, 0.25) is 0 Å². The Morgan fingerprint density at radius 2 is 1.53 bits per heavy atom. The molecule has 0 saturated carbocycles. The molecule has 3 rings (SSSR count). The monoisotopic (exact) mass is 506 g/mol. The first-order valence-electron chi connectivity index (χ1n) is 11.9. The molecule has 2 unspecified atom stereocenters. The van der Waals surface area contributed by atoms with E-state index in [0.29, 0.717) is 24.3 Å². The maximum atomic E-state index is 13.5. The quantitative estimate of drug-likeness (QED) is 0.221. The Morgan fingerprint density at radius 1 is 0.917 bits per heavy atom. The highest BCUT2D eigenvalue weighted by Crippen LogP contribution is 2.25. The van der Waals surface area contributed by atoms with E-state index in [4.69, 9.17) is 5.21 Å². The molecule has 8 heteroatoms. The van der Waals surface area contributed by atoms with Gasteiger partial charge in [0.25, 0.3) is 0 Å². The van der Waals surface area contributed by atoms with Gasteiger partial charge in [-0.15, -0.1) is 11.8 Å². The van der Waals surface area contributed by atoms with Gasteiger partial charge < -0.3 is 21.1 Å². The molecule has 3 aromatic rings. The van der Waals surface area contributed by atoms with Gasteiger partial charge in [0.15, 0.2) is 0 Å². The predicted molar refractivity (Wildman–Crippen MR) is 145 cm³/mol. The molecule has 2 atom stereocenters. The smallest absolute Gasteiger partial charge is 0.246 e. The lowest BCUT2D eigenvalue weighted by Gasteiger charge is -2.24. The average molecular weight is 507 g/mol. The van der Waals surface area contributed by atoms with Crippen molar-refractivity contribution in [2.24, 2.45) is 11.8 Å². The van der Waals surface area contributed by atoms with Crippen molar-refractivity contribution in [3.63, 3.8) is 0 Å². The third-order valence-electron chi connectivity index (χ3n) is 5.59. The lowest BCUT2D eigenvalue weighted by Crippen LogP contribution is -2.47. The van der Waals surface area contributed by atoms with E-state index in [-0.39, 0.29) is 34.6 Å². The van der Waals surface area contributed by atoms with Gasteiger partial charge in [-0.25, -0.2) is 0 Å². The third-order valence-corrected chi connectivity index (χ3v) is 6.76. The number of carbonyl (C=O) groups is 2. The summed E-state index contributed by atoms with van der Waals surface area (Å²) in [6.07, 6.45) is 1.04. The summed E-state index contributed by atoms with van der Waals surface area (Å²) >= 11 is 1.48. The first-order valence-corrected chi connectivity index (χ1v) is 12.9. The lowest BCUT2D eigenvalue weighted by atomic mass is 9.98. The molecule has 0 spiro atoms. The molecule has 0 aliphatic heterocycles. The van der Waals surface area contributed by atoms with E-state index in [1.165, 1.54) is 23.9 Å². The molecular weight excluding hydrogens is 474 g/mol. The molecule has 0 heterocycles. The number of amides is 2. The molecule has 7 nitrogen and oxygen atoms in total. The molecule has 0 radical (unpaired) electrons. The number of benzene rings is 3.